The Bertz CT molecular complexity index is 1420. The van der Waals surface area contributed by atoms with E-state index in [4.69, 9.17) is 11.6 Å². The van der Waals surface area contributed by atoms with Crippen LogP contribution in [0.4, 0.5) is 0 Å². The average Bonchev–Trinajstić information content (AvgIpc) is 3.16. The van der Waals surface area contributed by atoms with Crippen molar-refractivity contribution in [2.24, 2.45) is 0 Å². The third-order valence-corrected chi connectivity index (χ3v) is 5.71. The highest BCUT2D eigenvalue weighted by atomic mass is 35.5. The largest absolute Gasteiger partial charge is 0.350 e. The summed E-state index contributed by atoms with van der Waals surface area (Å²) in [5.74, 6) is -0.345. The number of aromatic nitrogens is 4. The second-order valence-electron chi connectivity index (χ2n) is 7.75. The number of halogens is 1. The van der Waals surface area contributed by atoms with Gasteiger partial charge in [-0.05, 0) is 37.1 Å². The summed E-state index contributed by atoms with van der Waals surface area (Å²) < 4.78 is 4.08. The molecule has 2 heterocycles. The summed E-state index contributed by atoms with van der Waals surface area (Å²) in [6, 6.07) is 16.4. The summed E-state index contributed by atoms with van der Waals surface area (Å²) in [6.07, 6.45) is 0. The molecule has 0 radical (unpaired) electrons. The van der Waals surface area contributed by atoms with E-state index in [-0.39, 0.29) is 19.0 Å². The average molecular weight is 466 g/mol. The van der Waals surface area contributed by atoms with Crippen molar-refractivity contribution in [3.05, 3.63) is 97.3 Å². The first kappa shape index (κ1) is 22.5. The Morgan fingerprint density at radius 3 is 2.33 bits per heavy atom. The summed E-state index contributed by atoms with van der Waals surface area (Å²) in [5.41, 5.74) is 1.96. The number of aryl methyl sites for hydroxylation is 2. The van der Waals surface area contributed by atoms with Gasteiger partial charge in [0.1, 0.15) is 12.1 Å². The number of hydrogen-bond acceptors (Lipinski definition) is 4. The molecule has 0 aliphatic heterocycles. The lowest BCUT2D eigenvalue weighted by molar-refractivity contribution is -0.121. The van der Waals surface area contributed by atoms with Gasteiger partial charge in [-0.3, -0.25) is 23.4 Å². The molecule has 0 spiro atoms. The molecule has 1 N–H and O–H groups in total. The Balaban J connectivity index is 1.73. The number of fused-ring (bicyclic) bond motifs is 1. The minimum Gasteiger partial charge on any atom is -0.350 e. The molecule has 0 bridgehead atoms. The third-order valence-electron chi connectivity index (χ3n) is 5.46. The molecule has 0 aliphatic rings. The van der Waals surface area contributed by atoms with E-state index < -0.39 is 11.2 Å². The van der Waals surface area contributed by atoms with Crippen LogP contribution in [-0.4, -0.2) is 24.8 Å². The van der Waals surface area contributed by atoms with Crippen molar-refractivity contribution in [1.82, 2.24) is 24.2 Å². The number of benzene rings is 2. The minimum atomic E-state index is -0.545. The van der Waals surface area contributed by atoms with E-state index in [2.05, 4.69) is 10.4 Å². The molecular weight excluding hydrogens is 442 g/mol. The minimum absolute atomic E-state index is 0.106. The van der Waals surface area contributed by atoms with Crippen molar-refractivity contribution in [3.63, 3.8) is 0 Å². The van der Waals surface area contributed by atoms with Gasteiger partial charge in [0.15, 0.2) is 5.52 Å². The van der Waals surface area contributed by atoms with E-state index in [1.165, 1.54) is 4.57 Å². The molecule has 0 fully saturated rings. The molecule has 0 saturated heterocycles. The molecule has 9 heteroatoms. The van der Waals surface area contributed by atoms with Crippen molar-refractivity contribution < 1.29 is 4.79 Å². The van der Waals surface area contributed by atoms with Crippen molar-refractivity contribution in [2.75, 3.05) is 0 Å². The lowest BCUT2D eigenvalue weighted by Crippen LogP contribution is -2.43. The number of amides is 1. The number of nitrogens with zero attached hydrogens (tertiary/aromatic N) is 4. The highest BCUT2D eigenvalue weighted by molar-refractivity contribution is 6.30. The van der Waals surface area contributed by atoms with Crippen molar-refractivity contribution >= 4 is 28.5 Å². The first-order valence-electron chi connectivity index (χ1n) is 10.6. The van der Waals surface area contributed by atoms with Gasteiger partial charge >= 0.3 is 5.69 Å². The monoisotopic (exact) mass is 465 g/mol. The summed E-state index contributed by atoms with van der Waals surface area (Å²) in [6.45, 7) is 4.25. The molecule has 4 rings (SSSR count). The first-order chi connectivity index (χ1) is 15.9. The molecule has 2 aromatic heterocycles. The lowest BCUT2D eigenvalue weighted by atomic mass is 10.2. The zero-order chi connectivity index (χ0) is 23.5. The highest BCUT2D eigenvalue weighted by Crippen LogP contribution is 2.14. The zero-order valence-corrected chi connectivity index (χ0v) is 19.2. The topological polar surface area (TPSA) is 90.9 Å². The van der Waals surface area contributed by atoms with Crippen LogP contribution in [0.5, 0.6) is 0 Å². The fraction of sp³-hybridized carbons (Fsp3) is 0.250. The van der Waals surface area contributed by atoms with Gasteiger partial charge in [0.2, 0.25) is 5.91 Å². The van der Waals surface area contributed by atoms with Crippen molar-refractivity contribution in [3.8, 4) is 0 Å². The van der Waals surface area contributed by atoms with E-state index >= 15 is 0 Å². The Morgan fingerprint density at radius 1 is 0.970 bits per heavy atom. The number of carbonyl (C=O) groups excluding carboxylic acids is 1. The second-order valence-corrected chi connectivity index (χ2v) is 8.18. The molecule has 0 atom stereocenters. The molecule has 0 unspecified atom stereocenters. The van der Waals surface area contributed by atoms with E-state index in [1.807, 2.05) is 49.4 Å². The summed E-state index contributed by atoms with van der Waals surface area (Å²) in [7, 11) is 0. The zero-order valence-electron chi connectivity index (χ0n) is 18.4. The number of nitrogens with one attached hydrogen (secondary N) is 1. The maximum Gasteiger partial charge on any atom is 0.332 e. The Kier molecular flexibility index (Phi) is 6.46. The van der Waals surface area contributed by atoms with E-state index in [0.717, 1.165) is 15.7 Å². The van der Waals surface area contributed by atoms with Crippen LogP contribution in [0.2, 0.25) is 5.02 Å². The lowest BCUT2D eigenvalue weighted by Gasteiger charge is -2.13. The quantitative estimate of drug-likeness (QED) is 0.454. The van der Waals surface area contributed by atoms with Crippen LogP contribution in [0.25, 0.3) is 11.0 Å². The number of rotatable bonds is 7. The molecule has 4 aromatic rings. The summed E-state index contributed by atoms with van der Waals surface area (Å²) in [5, 5.41) is 7.87. The van der Waals surface area contributed by atoms with Crippen LogP contribution >= 0.6 is 11.6 Å². The molecule has 2 aromatic carbocycles. The van der Waals surface area contributed by atoms with Crippen molar-refractivity contribution in [2.45, 2.75) is 40.0 Å². The van der Waals surface area contributed by atoms with Crippen LogP contribution in [0.3, 0.4) is 0 Å². The molecule has 0 aliphatic carbocycles. The van der Waals surface area contributed by atoms with Gasteiger partial charge in [0.25, 0.3) is 5.56 Å². The van der Waals surface area contributed by atoms with Crippen LogP contribution < -0.4 is 16.6 Å². The molecule has 8 nitrogen and oxygen atoms in total. The molecule has 33 heavy (non-hydrogen) atoms. The summed E-state index contributed by atoms with van der Waals surface area (Å²) in [4.78, 5) is 39.5. The fourth-order valence-corrected chi connectivity index (χ4v) is 3.97. The van der Waals surface area contributed by atoms with Crippen LogP contribution in [0.1, 0.15) is 23.7 Å². The van der Waals surface area contributed by atoms with Gasteiger partial charge < -0.3 is 5.32 Å². The predicted octanol–water partition coefficient (Wildman–Crippen LogP) is 2.71. The Morgan fingerprint density at radius 2 is 1.67 bits per heavy atom. The maximum atomic E-state index is 13.4. The predicted molar refractivity (Wildman–Crippen MR) is 128 cm³/mol. The molecule has 1 amide bonds. The standard InChI is InChI=1S/C24H24ClN5O3/c1-3-30-22-21(16(2)27-30)28(15-20(31)26-13-17-9-11-19(25)12-10-17)24(33)29(23(22)32)14-18-7-5-4-6-8-18/h4-12H,3,13-15H2,1-2H3,(H,26,31). The van der Waals surface area contributed by atoms with E-state index in [1.54, 1.807) is 23.7 Å². The number of hydrogen-bond donors (Lipinski definition) is 1. The Hall–Kier alpha value is -3.65. The summed E-state index contributed by atoms with van der Waals surface area (Å²) >= 11 is 5.91. The smallest absolute Gasteiger partial charge is 0.332 e. The van der Waals surface area contributed by atoms with Crippen LogP contribution in [0.15, 0.2) is 64.2 Å². The van der Waals surface area contributed by atoms with Crippen LogP contribution in [0, 0.1) is 6.92 Å². The van der Waals surface area contributed by atoms with Gasteiger partial charge in [-0.15, -0.1) is 0 Å². The SMILES string of the molecule is CCn1nc(C)c2c1c(=O)n(Cc1ccccc1)c(=O)n2CC(=O)NCc1ccc(Cl)cc1. The second kappa shape index (κ2) is 9.46. The first-order valence-corrected chi connectivity index (χ1v) is 11.0. The van der Waals surface area contributed by atoms with E-state index in [0.29, 0.717) is 34.8 Å². The van der Waals surface area contributed by atoms with Crippen LogP contribution in [-0.2, 0) is 31.0 Å². The van der Waals surface area contributed by atoms with Gasteiger partial charge in [-0.2, -0.15) is 5.10 Å². The number of carbonyl (C=O) groups is 1. The van der Waals surface area contributed by atoms with Gasteiger partial charge in [0, 0.05) is 18.1 Å². The normalized spacial score (nSPS) is 11.1. The third kappa shape index (κ3) is 4.61. The van der Waals surface area contributed by atoms with Crippen molar-refractivity contribution in [1.29, 1.82) is 0 Å². The maximum absolute atomic E-state index is 13.4. The van der Waals surface area contributed by atoms with Gasteiger partial charge in [-0.1, -0.05) is 54.1 Å². The molecule has 170 valence electrons. The highest BCUT2D eigenvalue weighted by Gasteiger charge is 2.21. The van der Waals surface area contributed by atoms with Gasteiger partial charge in [-0.25, -0.2) is 4.79 Å². The fourth-order valence-electron chi connectivity index (χ4n) is 3.85. The van der Waals surface area contributed by atoms with Gasteiger partial charge in [0.05, 0.1) is 12.2 Å². The van der Waals surface area contributed by atoms with E-state index in [9.17, 15) is 14.4 Å². The molecular formula is C24H24ClN5O3. The molecule has 0 saturated carbocycles. The Labute approximate surface area is 195 Å².